The van der Waals surface area contributed by atoms with E-state index >= 15 is 0 Å². The first-order valence-electron chi connectivity index (χ1n) is 5.12. The van der Waals surface area contributed by atoms with Crippen LogP contribution in [0.5, 0.6) is 5.88 Å². The number of rotatable bonds is 5. The van der Waals surface area contributed by atoms with Crippen molar-refractivity contribution >= 4 is 11.5 Å². The van der Waals surface area contributed by atoms with E-state index in [1.165, 1.54) is 6.33 Å². The van der Waals surface area contributed by atoms with Crippen LogP contribution in [0, 0.1) is 5.92 Å². The Hall–Kier alpha value is -1.52. The molecule has 0 radical (unpaired) electrons. The van der Waals surface area contributed by atoms with Gasteiger partial charge in [0.2, 0.25) is 5.88 Å². The summed E-state index contributed by atoms with van der Waals surface area (Å²) in [6, 6.07) is 0. The van der Waals surface area contributed by atoms with Gasteiger partial charge in [-0.25, -0.2) is 4.98 Å². The maximum absolute atomic E-state index is 5.84. The Kier molecular flexibility index (Phi) is 4.15. The fraction of sp³-hybridized carbons (Fsp3) is 0.600. The van der Waals surface area contributed by atoms with Gasteiger partial charge in [-0.05, 0) is 12.8 Å². The highest BCUT2D eigenvalue weighted by Crippen LogP contribution is 2.24. The van der Waals surface area contributed by atoms with E-state index in [1.807, 2.05) is 6.92 Å². The smallest absolute Gasteiger partial charge is 0.242 e. The van der Waals surface area contributed by atoms with Crippen LogP contribution in [0.25, 0.3) is 0 Å². The fourth-order valence-electron chi connectivity index (χ4n) is 1.05. The maximum Gasteiger partial charge on any atom is 0.242 e. The molecule has 0 atom stereocenters. The average Bonchev–Trinajstić information content (AvgIpc) is 2.19. The van der Waals surface area contributed by atoms with Gasteiger partial charge in [0, 0.05) is 6.54 Å². The highest BCUT2D eigenvalue weighted by atomic mass is 16.5. The molecule has 0 bridgehead atoms. The van der Waals surface area contributed by atoms with E-state index in [9.17, 15) is 0 Å². The third-order valence-corrected chi connectivity index (χ3v) is 1.74. The molecule has 3 N–H and O–H groups in total. The summed E-state index contributed by atoms with van der Waals surface area (Å²) in [4.78, 5) is 8.02. The molecule has 0 spiro atoms. The number of nitrogens with zero attached hydrogens (tertiary/aromatic N) is 2. The Labute approximate surface area is 90.1 Å². The zero-order valence-electron chi connectivity index (χ0n) is 9.45. The summed E-state index contributed by atoms with van der Waals surface area (Å²) < 4.78 is 5.47. The van der Waals surface area contributed by atoms with E-state index in [1.54, 1.807) is 0 Å². The van der Waals surface area contributed by atoms with Crippen LogP contribution in [0.2, 0.25) is 0 Å². The van der Waals surface area contributed by atoms with Crippen molar-refractivity contribution in [1.82, 2.24) is 9.97 Å². The minimum Gasteiger partial charge on any atom is -0.476 e. The molecule has 0 saturated heterocycles. The molecule has 0 fully saturated rings. The molecular formula is C10H18N4O. The van der Waals surface area contributed by atoms with E-state index in [0.717, 1.165) is 6.54 Å². The van der Waals surface area contributed by atoms with E-state index in [2.05, 4.69) is 29.1 Å². The molecule has 0 amide bonds. The Balaban J connectivity index is 2.75. The Bertz CT molecular complexity index is 314. The molecule has 84 valence electrons. The first kappa shape index (κ1) is 11.6. The van der Waals surface area contributed by atoms with Gasteiger partial charge in [-0.1, -0.05) is 13.8 Å². The molecule has 1 rings (SSSR count). The predicted octanol–water partition coefficient (Wildman–Crippen LogP) is 1.53. The van der Waals surface area contributed by atoms with E-state index in [4.69, 9.17) is 10.5 Å². The summed E-state index contributed by atoms with van der Waals surface area (Å²) in [6.45, 7) is 7.50. The molecule has 0 aliphatic rings. The number of nitrogens with two attached hydrogens (primary N) is 1. The molecule has 0 unspecified atom stereocenters. The number of hydrogen-bond acceptors (Lipinski definition) is 5. The minimum atomic E-state index is 0.446. The highest BCUT2D eigenvalue weighted by Gasteiger charge is 2.08. The van der Waals surface area contributed by atoms with Crippen molar-refractivity contribution in [3.05, 3.63) is 6.33 Å². The summed E-state index contributed by atoms with van der Waals surface area (Å²) in [5.74, 6) is 1.53. The Morgan fingerprint density at radius 1 is 1.47 bits per heavy atom. The maximum atomic E-state index is 5.84. The zero-order chi connectivity index (χ0) is 11.3. The average molecular weight is 210 g/mol. The van der Waals surface area contributed by atoms with Crippen LogP contribution in [0.15, 0.2) is 6.33 Å². The first-order valence-corrected chi connectivity index (χ1v) is 5.12. The lowest BCUT2D eigenvalue weighted by molar-refractivity contribution is 0.262. The second kappa shape index (κ2) is 5.38. The van der Waals surface area contributed by atoms with Crippen LogP contribution in [0.1, 0.15) is 20.8 Å². The van der Waals surface area contributed by atoms with Crippen LogP contribution in [0.3, 0.4) is 0 Å². The molecule has 5 nitrogen and oxygen atoms in total. The Morgan fingerprint density at radius 2 is 2.20 bits per heavy atom. The van der Waals surface area contributed by atoms with Gasteiger partial charge in [0.05, 0.1) is 6.61 Å². The summed E-state index contributed by atoms with van der Waals surface area (Å²) in [6.07, 6.45) is 1.45. The summed E-state index contributed by atoms with van der Waals surface area (Å²) in [7, 11) is 0. The van der Waals surface area contributed by atoms with Crippen molar-refractivity contribution in [2.75, 3.05) is 24.2 Å². The highest BCUT2D eigenvalue weighted by molar-refractivity contribution is 5.66. The van der Waals surface area contributed by atoms with Crippen molar-refractivity contribution in [3.63, 3.8) is 0 Å². The lowest BCUT2D eigenvalue weighted by Gasteiger charge is -2.11. The van der Waals surface area contributed by atoms with Crippen LogP contribution >= 0.6 is 0 Å². The fourth-order valence-corrected chi connectivity index (χ4v) is 1.05. The summed E-state index contributed by atoms with van der Waals surface area (Å²) >= 11 is 0. The second-order valence-corrected chi connectivity index (χ2v) is 3.68. The van der Waals surface area contributed by atoms with Gasteiger partial charge in [-0.2, -0.15) is 4.98 Å². The molecular weight excluding hydrogens is 192 g/mol. The number of anilines is 2. The largest absolute Gasteiger partial charge is 0.476 e. The van der Waals surface area contributed by atoms with Crippen LogP contribution in [-0.2, 0) is 0 Å². The standard InChI is InChI=1S/C10H18N4O/c1-4-12-9-8(11)10(14-6-13-9)15-5-7(2)3/h6-7H,4-5,11H2,1-3H3,(H,12,13,14). The van der Waals surface area contributed by atoms with Crippen LogP contribution in [-0.4, -0.2) is 23.1 Å². The van der Waals surface area contributed by atoms with Gasteiger partial charge in [0.15, 0.2) is 5.82 Å². The first-order chi connectivity index (χ1) is 7.15. The van der Waals surface area contributed by atoms with E-state index < -0.39 is 0 Å². The predicted molar refractivity (Wildman–Crippen MR) is 60.9 cm³/mol. The van der Waals surface area contributed by atoms with E-state index in [-0.39, 0.29) is 0 Å². The lowest BCUT2D eigenvalue weighted by Crippen LogP contribution is -2.10. The van der Waals surface area contributed by atoms with Crippen molar-refractivity contribution in [2.24, 2.45) is 5.92 Å². The van der Waals surface area contributed by atoms with Gasteiger partial charge in [-0.15, -0.1) is 0 Å². The van der Waals surface area contributed by atoms with Gasteiger partial charge in [0.1, 0.15) is 12.0 Å². The molecule has 0 saturated carbocycles. The van der Waals surface area contributed by atoms with Gasteiger partial charge >= 0.3 is 0 Å². The Morgan fingerprint density at radius 3 is 2.80 bits per heavy atom. The molecule has 0 aromatic carbocycles. The molecule has 1 aromatic rings. The van der Waals surface area contributed by atoms with Gasteiger partial charge in [0.25, 0.3) is 0 Å². The summed E-state index contributed by atoms with van der Waals surface area (Å²) in [5, 5.41) is 3.05. The molecule has 5 heteroatoms. The SMILES string of the molecule is CCNc1ncnc(OCC(C)C)c1N. The van der Waals surface area contributed by atoms with E-state index in [0.29, 0.717) is 29.9 Å². The topological polar surface area (TPSA) is 73.1 Å². The monoisotopic (exact) mass is 210 g/mol. The molecule has 15 heavy (non-hydrogen) atoms. The molecule has 1 heterocycles. The zero-order valence-corrected chi connectivity index (χ0v) is 9.45. The third-order valence-electron chi connectivity index (χ3n) is 1.74. The second-order valence-electron chi connectivity index (χ2n) is 3.68. The normalized spacial score (nSPS) is 10.4. The number of nitrogen functional groups attached to an aromatic ring is 1. The quantitative estimate of drug-likeness (QED) is 0.771. The molecule has 0 aliphatic heterocycles. The van der Waals surface area contributed by atoms with Crippen molar-refractivity contribution in [3.8, 4) is 5.88 Å². The number of ether oxygens (including phenoxy) is 1. The summed E-state index contributed by atoms with van der Waals surface area (Å²) in [5.41, 5.74) is 6.32. The number of aromatic nitrogens is 2. The van der Waals surface area contributed by atoms with Gasteiger partial charge in [-0.3, -0.25) is 0 Å². The number of hydrogen-bond donors (Lipinski definition) is 2. The third kappa shape index (κ3) is 3.27. The molecule has 0 aliphatic carbocycles. The minimum absolute atomic E-state index is 0.446. The van der Waals surface area contributed by atoms with Gasteiger partial charge < -0.3 is 15.8 Å². The number of nitrogens with one attached hydrogen (secondary N) is 1. The van der Waals surface area contributed by atoms with Crippen molar-refractivity contribution in [2.45, 2.75) is 20.8 Å². The van der Waals surface area contributed by atoms with Crippen LogP contribution in [0.4, 0.5) is 11.5 Å². The van der Waals surface area contributed by atoms with Crippen LogP contribution < -0.4 is 15.8 Å². The lowest BCUT2D eigenvalue weighted by atomic mass is 10.2. The van der Waals surface area contributed by atoms with Crippen molar-refractivity contribution in [1.29, 1.82) is 0 Å². The van der Waals surface area contributed by atoms with Crippen molar-refractivity contribution < 1.29 is 4.74 Å². The molecule has 1 aromatic heterocycles.